The summed E-state index contributed by atoms with van der Waals surface area (Å²) in [5.41, 5.74) is 0.0702. The van der Waals surface area contributed by atoms with Gasteiger partial charge in [0.15, 0.2) is 0 Å². The van der Waals surface area contributed by atoms with Crippen LogP contribution in [0.3, 0.4) is 0 Å². The first-order valence-electron chi connectivity index (χ1n) is 4.03. The minimum atomic E-state index is -0.259. The molecule has 1 rings (SSSR count). The van der Waals surface area contributed by atoms with Crippen LogP contribution >= 0.6 is 0 Å². The normalized spacial score (nSPS) is 21.8. The second-order valence-electron chi connectivity index (χ2n) is 4.20. The smallest absolute Gasteiger partial charge is 0.413 e. The van der Waals surface area contributed by atoms with Crippen LogP contribution in [0.5, 0.6) is 0 Å². The van der Waals surface area contributed by atoms with Crippen LogP contribution in [0.2, 0.25) is 0 Å². The van der Waals surface area contributed by atoms with E-state index in [1.54, 1.807) is 11.9 Å². The van der Waals surface area contributed by atoms with E-state index in [0.717, 1.165) is 5.76 Å². The maximum absolute atomic E-state index is 10.9. The molecule has 1 aliphatic heterocycles. The molecule has 1 aliphatic rings. The molecule has 0 bridgehead atoms. The summed E-state index contributed by atoms with van der Waals surface area (Å²) in [6.07, 6.45) is 1.72. The number of amides is 1. The van der Waals surface area contributed by atoms with Crippen molar-refractivity contribution in [3.8, 4) is 0 Å². The van der Waals surface area contributed by atoms with Gasteiger partial charge in [0, 0.05) is 7.05 Å². The molecule has 1 fully saturated rings. The zero-order valence-electron chi connectivity index (χ0n) is 8.05. The number of hydrogen-bond donors (Lipinski definition) is 0. The van der Waals surface area contributed by atoms with Crippen LogP contribution in [0.1, 0.15) is 20.8 Å². The Hall–Kier alpha value is -0.990. The number of cyclic esters (lactones) is 1. The van der Waals surface area contributed by atoms with Crippen LogP contribution in [0.25, 0.3) is 0 Å². The lowest BCUT2D eigenvalue weighted by Gasteiger charge is -2.11. The van der Waals surface area contributed by atoms with E-state index in [2.05, 4.69) is 20.8 Å². The van der Waals surface area contributed by atoms with E-state index < -0.39 is 0 Å². The van der Waals surface area contributed by atoms with Crippen LogP contribution in [-0.2, 0) is 4.74 Å². The standard InChI is InChI=1S/C9H15NO2/c1-9(2,3)5-7-6-10(4)8(11)12-7/h5H,6H2,1-4H3/b7-5-. The van der Waals surface area contributed by atoms with Crippen molar-refractivity contribution < 1.29 is 9.53 Å². The summed E-state index contributed by atoms with van der Waals surface area (Å²) in [6, 6.07) is 0. The summed E-state index contributed by atoms with van der Waals surface area (Å²) < 4.78 is 5.00. The van der Waals surface area contributed by atoms with Crippen molar-refractivity contribution in [3.05, 3.63) is 11.8 Å². The summed E-state index contributed by atoms with van der Waals surface area (Å²) >= 11 is 0. The average Bonchev–Trinajstić information content (AvgIpc) is 2.07. The second-order valence-corrected chi connectivity index (χ2v) is 4.20. The maximum atomic E-state index is 10.9. The molecule has 0 saturated carbocycles. The zero-order chi connectivity index (χ0) is 9.35. The Kier molecular flexibility index (Phi) is 2.13. The highest BCUT2D eigenvalue weighted by atomic mass is 16.6. The molecule has 0 aromatic rings. The van der Waals surface area contributed by atoms with E-state index in [1.165, 1.54) is 0 Å². The Morgan fingerprint density at radius 3 is 2.42 bits per heavy atom. The van der Waals surface area contributed by atoms with Gasteiger partial charge in [0.1, 0.15) is 5.76 Å². The lowest BCUT2D eigenvalue weighted by molar-refractivity contribution is 0.174. The van der Waals surface area contributed by atoms with Crippen molar-refractivity contribution >= 4 is 6.09 Å². The first kappa shape index (κ1) is 9.10. The predicted octanol–water partition coefficient (Wildman–Crippen LogP) is 2.00. The van der Waals surface area contributed by atoms with Gasteiger partial charge in [0.05, 0.1) is 6.54 Å². The van der Waals surface area contributed by atoms with Gasteiger partial charge >= 0.3 is 6.09 Å². The topological polar surface area (TPSA) is 29.5 Å². The van der Waals surface area contributed by atoms with Gasteiger partial charge in [0.2, 0.25) is 0 Å². The van der Waals surface area contributed by atoms with E-state index in [9.17, 15) is 4.79 Å². The van der Waals surface area contributed by atoms with Gasteiger partial charge in [-0.05, 0) is 11.5 Å². The molecule has 68 valence electrons. The Balaban J connectivity index is 2.69. The molecule has 3 heteroatoms. The molecule has 1 saturated heterocycles. The zero-order valence-corrected chi connectivity index (χ0v) is 8.05. The molecule has 0 aromatic heterocycles. The molecule has 1 amide bonds. The second kappa shape index (κ2) is 2.81. The third-order valence-corrected chi connectivity index (χ3v) is 1.52. The fourth-order valence-corrected chi connectivity index (χ4v) is 1.08. The number of carbonyl (C=O) groups excluding carboxylic acids is 1. The number of hydrogen-bond acceptors (Lipinski definition) is 2. The molecular weight excluding hydrogens is 154 g/mol. The van der Waals surface area contributed by atoms with Gasteiger partial charge in [-0.1, -0.05) is 20.8 Å². The fourth-order valence-electron chi connectivity index (χ4n) is 1.08. The van der Waals surface area contributed by atoms with Crippen molar-refractivity contribution in [2.24, 2.45) is 5.41 Å². The molecule has 1 heterocycles. The van der Waals surface area contributed by atoms with Gasteiger partial charge in [-0.3, -0.25) is 0 Å². The largest absolute Gasteiger partial charge is 0.415 e. The summed E-state index contributed by atoms with van der Waals surface area (Å²) in [6.45, 7) is 6.82. The first-order chi connectivity index (χ1) is 5.38. The molecule has 0 unspecified atom stereocenters. The minimum Gasteiger partial charge on any atom is -0.413 e. The lowest BCUT2D eigenvalue weighted by Crippen LogP contribution is -2.17. The molecule has 0 aromatic carbocycles. The summed E-state index contributed by atoms with van der Waals surface area (Å²) in [5, 5.41) is 0. The number of nitrogens with zero attached hydrogens (tertiary/aromatic N) is 1. The Morgan fingerprint density at radius 2 is 2.08 bits per heavy atom. The molecular formula is C9H15NO2. The van der Waals surface area contributed by atoms with Crippen LogP contribution in [-0.4, -0.2) is 24.6 Å². The predicted molar refractivity (Wildman–Crippen MR) is 46.6 cm³/mol. The molecule has 0 aliphatic carbocycles. The Labute approximate surface area is 73.0 Å². The van der Waals surface area contributed by atoms with Gasteiger partial charge in [-0.2, -0.15) is 0 Å². The Bertz CT molecular complexity index is 225. The van der Waals surface area contributed by atoms with E-state index in [1.807, 2.05) is 6.08 Å². The summed E-state index contributed by atoms with van der Waals surface area (Å²) in [5.74, 6) is 0.759. The molecule has 0 spiro atoms. The molecule has 0 N–H and O–H groups in total. The number of rotatable bonds is 0. The fraction of sp³-hybridized carbons (Fsp3) is 0.667. The maximum Gasteiger partial charge on any atom is 0.415 e. The van der Waals surface area contributed by atoms with Gasteiger partial charge in [0.25, 0.3) is 0 Å². The molecule has 3 nitrogen and oxygen atoms in total. The van der Waals surface area contributed by atoms with Gasteiger partial charge in [-0.25, -0.2) is 4.79 Å². The van der Waals surface area contributed by atoms with Crippen LogP contribution < -0.4 is 0 Å². The summed E-state index contributed by atoms with van der Waals surface area (Å²) in [4.78, 5) is 12.5. The summed E-state index contributed by atoms with van der Waals surface area (Å²) in [7, 11) is 1.73. The third kappa shape index (κ3) is 2.26. The van der Waals surface area contributed by atoms with Crippen LogP contribution in [0, 0.1) is 5.41 Å². The lowest BCUT2D eigenvalue weighted by atomic mass is 9.96. The minimum absolute atomic E-state index is 0.0702. The number of allylic oxidation sites excluding steroid dienone is 1. The van der Waals surface area contributed by atoms with Gasteiger partial charge in [-0.15, -0.1) is 0 Å². The van der Waals surface area contributed by atoms with E-state index in [0.29, 0.717) is 6.54 Å². The van der Waals surface area contributed by atoms with E-state index in [-0.39, 0.29) is 11.5 Å². The molecule has 12 heavy (non-hydrogen) atoms. The van der Waals surface area contributed by atoms with Crippen molar-refractivity contribution in [2.75, 3.05) is 13.6 Å². The van der Waals surface area contributed by atoms with Crippen molar-refractivity contribution in [1.29, 1.82) is 0 Å². The van der Waals surface area contributed by atoms with Crippen molar-refractivity contribution in [1.82, 2.24) is 4.90 Å². The third-order valence-electron chi connectivity index (χ3n) is 1.52. The molecule has 0 radical (unpaired) electrons. The van der Waals surface area contributed by atoms with E-state index in [4.69, 9.17) is 4.74 Å². The quantitative estimate of drug-likeness (QED) is 0.555. The highest BCUT2D eigenvalue weighted by molar-refractivity contribution is 5.71. The number of likely N-dealkylation sites (N-methyl/N-ethyl adjacent to an activating group) is 1. The van der Waals surface area contributed by atoms with Gasteiger partial charge < -0.3 is 9.64 Å². The Morgan fingerprint density at radius 1 is 1.50 bits per heavy atom. The monoisotopic (exact) mass is 169 g/mol. The van der Waals surface area contributed by atoms with Crippen molar-refractivity contribution in [3.63, 3.8) is 0 Å². The number of carbonyl (C=O) groups is 1. The molecule has 0 atom stereocenters. The highest BCUT2D eigenvalue weighted by Gasteiger charge is 2.24. The van der Waals surface area contributed by atoms with E-state index >= 15 is 0 Å². The average molecular weight is 169 g/mol. The van der Waals surface area contributed by atoms with Crippen molar-refractivity contribution in [2.45, 2.75) is 20.8 Å². The van der Waals surface area contributed by atoms with Crippen LogP contribution in [0.15, 0.2) is 11.8 Å². The number of ether oxygens (including phenoxy) is 1. The van der Waals surface area contributed by atoms with Crippen LogP contribution in [0.4, 0.5) is 4.79 Å². The SMILES string of the molecule is CN1C/C(=C/C(C)(C)C)OC1=O. The first-order valence-corrected chi connectivity index (χ1v) is 4.03. The highest BCUT2D eigenvalue weighted by Crippen LogP contribution is 2.21.